The van der Waals surface area contributed by atoms with Crippen LogP contribution in [0, 0.1) is 5.92 Å². The van der Waals surface area contributed by atoms with Gasteiger partial charge in [0, 0.05) is 24.6 Å². The molecule has 0 spiro atoms. The molecule has 20 heavy (non-hydrogen) atoms. The fourth-order valence-electron chi connectivity index (χ4n) is 2.43. The highest BCUT2D eigenvalue weighted by Gasteiger charge is 2.38. The molecule has 1 unspecified atom stereocenters. The van der Waals surface area contributed by atoms with Crippen LogP contribution in [-0.2, 0) is 16.0 Å². The summed E-state index contributed by atoms with van der Waals surface area (Å²) in [6.45, 7) is 3.90. The van der Waals surface area contributed by atoms with Crippen molar-refractivity contribution < 1.29 is 14.7 Å². The van der Waals surface area contributed by atoms with E-state index < -0.39 is 12.0 Å². The number of carboxylic acid groups (broad SMARTS) is 1. The highest BCUT2D eigenvalue weighted by Crippen LogP contribution is 2.32. The van der Waals surface area contributed by atoms with Gasteiger partial charge in [-0.2, -0.15) is 0 Å². The number of rotatable bonds is 4. The van der Waals surface area contributed by atoms with Gasteiger partial charge in [-0.1, -0.05) is 32.0 Å². The molecule has 0 aromatic heterocycles. The summed E-state index contributed by atoms with van der Waals surface area (Å²) in [5, 5.41) is 9.32. The number of para-hydroxylation sites is 1. The zero-order valence-electron chi connectivity index (χ0n) is 11.7. The number of anilines is 1. The number of fused-ring (bicyclic) bond motifs is 1. The number of nitrogens with zero attached hydrogens (tertiary/aromatic N) is 1. The Morgan fingerprint density at radius 1 is 1.40 bits per heavy atom. The maximum absolute atomic E-state index is 12.4. The Hall–Kier alpha value is -1.88. The zero-order chi connectivity index (χ0) is 14.9. The molecular formula is C15H20N2O3. The number of amides is 1. The van der Waals surface area contributed by atoms with Crippen LogP contribution in [0.2, 0.25) is 0 Å². The number of aliphatic carboxylic acids is 1. The van der Waals surface area contributed by atoms with Crippen LogP contribution < -0.4 is 10.6 Å². The molecule has 1 aromatic carbocycles. The molecule has 5 nitrogen and oxygen atoms in total. The van der Waals surface area contributed by atoms with Crippen LogP contribution in [0.15, 0.2) is 24.3 Å². The number of hydrogen-bond acceptors (Lipinski definition) is 3. The third kappa shape index (κ3) is 2.67. The molecule has 5 heteroatoms. The van der Waals surface area contributed by atoms with Gasteiger partial charge in [-0.05, 0) is 17.5 Å². The summed E-state index contributed by atoms with van der Waals surface area (Å²) in [5.41, 5.74) is 7.52. The first-order chi connectivity index (χ1) is 9.41. The maximum atomic E-state index is 12.4. The third-order valence-corrected chi connectivity index (χ3v) is 3.80. The quantitative estimate of drug-likeness (QED) is 0.870. The molecule has 1 heterocycles. The topological polar surface area (TPSA) is 83.6 Å². The van der Waals surface area contributed by atoms with E-state index in [1.54, 1.807) is 6.07 Å². The Labute approximate surface area is 118 Å². The summed E-state index contributed by atoms with van der Waals surface area (Å²) in [6, 6.07) is 6.24. The van der Waals surface area contributed by atoms with Gasteiger partial charge in [-0.25, -0.2) is 4.79 Å². The summed E-state index contributed by atoms with van der Waals surface area (Å²) in [4.78, 5) is 25.2. The first-order valence-corrected chi connectivity index (χ1v) is 6.80. The van der Waals surface area contributed by atoms with E-state index in [9.17, 15) is 14.7 Å². The van der Waals surface area contributed by atoms with Crippen molar-refractivity contribution in [1.82, 2.24) is 0 Å². The molecule has 0 bridgehead atoms. The molecule has 0 saturated heterocycles. The number of carboxylic acids is 1. The summed E-state index contributed by atoms with van der Waals surface area (Å²) in [5.74, 6) is -1.02. The van der Waals surface area contributed by atoms with Crippen molar-refractivity contribution in [3.63, 3.8) is 0 Å². The monoisotopic (exact) mass is 276 g/mol. The van der Waals surface area contributed by atoms with E-state index in [0.29, 0.717) is 12.1 Å². The van der Waals surface area contributed by atoms with Crippen molar-refractivity contribution in [2.24, 2.45) is 11.7 Å². The fourth-order valence-corrected chi connectivity index (χ4v) is 2.43. The lowest BCUT2D eigenvalue weighted by Gasteiger charge is -2.25. The van der Waals surface area contributed by atoms with Gasteiger partial charge in [0.1, 0.15) is 6.04 Å². The average molecular weight is 276 g/mol. The van der Waals surface area contributed by atoms with E-state index in [0.717, 1.165) is 5.56 Å². The van der Waals surface area contributed by atoms with Crippen LogP contribution >= 0.6 is 0 Å². The minimum absolute atomic E-state index is 0.162. The first kappa shape index (κ1) is 14.5. The van der Waals surface area contributed by atoms with Crippen molar-refractivity contribution >= 4 is 17.6 Å². The van der Waals surface area contributed by atoms with Crippen LogP contribution in [0.4, 0.5) is 5.69 Å². The van der Waals surface area contributed by atoms with Gasteiger partial charge in [0.05, 0.1) is 0 Å². The van der Waals surface area contributed by atoms with Crippen LogP contribution in [0.25, 0.3) is 0 Å². The number of nitrogens with two attached hydrogens (primary N) is 1. The predicted octanol–water partition coefficient (Wildman–Crippen LogP) is 1.40. The Kier molecular flexibility index (Phi) is 4.09. The summed E-state index contributed by atoms with van der Waals surface area (Å²) in [7, 11) is 0. The van der Waals surface area contributed by atoms with E-state index in [1.807, 2.05) is 32.0 Å². The second kappa shape index (κ2) is 5.63. The van der Waals surface area contributed by atoms with E-state index in [1.165, 1.54) is 4.90 Å². The standard InChI is InChI=1S/C15H20N2O3/c1-9(2)11(16)8-14(18)17-12-6-4-3-5-10(12)7-13(17)15(19)20/h3-6,9,11,13H,7-8,16H2,1-2H3,(H,19,20)/t11?,13-/m0/s1. The SMILES string of the molecule is CC(C)C(N)CC(=O)N1c2ccccc2C[C@H]1C(=O)O. The van der Waals surface area contributed by atoms with E-state index in [2.05, 4.69) is 0 Å². The normalized spacial score (nSPS) is 19.0. The van der Waals surface area contributed by atoms with Gasteiger partial charge in [0.25, 0.3) is 0 Å². The Morgan fingerprint density at radius 3 is 2.65 bits per heavy atom. The van der Waals surface area contributed by atoms with Gasteiger partial charge in [0.2, 0.25) is 5.91 Å². The molecule has 1 amide bonds. The van der Waals surface area contributed by atoms with Crippen LogP contribution in [-0.4, -0.2) is 29.1 Å². The third-order valence-electron chi connectivity index (χ3n) is 3.80. The van der Waals surface area contributed by atoms with Crippen molar-refractivity contribution in [2.75, 3.05) is 4.90 Å². The molecule has 0 radical (unpaired) electrons. The zero-order valence-corrected chi connectivity index (χ0v) is 11.7. The number of carbonyl (C=O) groups is 2. The van der Waals surface area contributed by atoms with E-state index in [4.69, 9.17) is 5.73 Å². The molecule has 1 aliphatic heterocycles. The Balaban J connectivity index is 2.26. The minimum atomic E-state index is -0.979. The van der Waals surface area contributed by atoms with Gasteiger partial charge < -0.3 is 10.8 Å². The van der Waals surface area contributed by atoms with E-state index in [-0.39, 0.29) is 24.3 Å². The lowest BCUT2D eigenvalue weighted by molar-refractivity contribution is -0.140. The smallest absolute Gasteiger partial charge is 0.327 e. The Bertz CT molecular complexity index is 528. The molecule has 1 aliphatic rings. The molecule has 1 aromatic rings. The summed E-state index contributed by atoms with van der Waals surface area (Å²) < 4.78 is 0. The predicted molar refractivity (Wildman–Crippen MR) is 76.5 cm³/mol. The maximum Gasteiger partial charge on any atom is 0.327 e. The molecule has 3 N–H and O–H groups in total. The molecule has 0 saturated carbocycles. The number of benzene rings is 1. The molecule has 2 atom stereocenters. The van der Waals surface area contributed by atoms with Crippen molar-refractivity contribution in [1.29, 1.82) is 0 Å². The average Bonchev–Trinajstić information content (AvgIpc) is 2.77. The van der Waals surface area contributed by atoms with Crippen LogP contribution in [0.3, 0.4) is 0 Å². The second-order valence-corrected chi connectivity index (χ2v) is 5.56. The van der Waals surface area contributed by atoms with Crippen molar-refractivity contribution in [2.45, 2.75) is 38.8 Å². The van der Waals surface area contributed by atoms with Gasteiger partial charge in [-0.3, -0.25) is 9.69 Å². The summed E-state index contributed by atoms with van der Waals surface area (Å²) in [6.07, 6.45) is 0.518. The molecule has 2 rings (SSSR count). The van der Waals surface area contributed by atoms with E-state index >= 15 is 0 Å². The Morgan fingerprint density at radius 2 is 2.05 bits per heavy atom. The molecule has 0 aliphatic carbocycles. The number of hydrogen-bond donors (Lipinski definition) is 2. The van der Waals surface area contributed by atoms with Gasteiger partial charge in [0.15, 0.2) is 0 Å². The largest absolute Gasteiger partial charge is 0.480 e. The van der Waals surface area contributed by atoms with Crippen LogP contribution in [0.1, 0.15) is 25.8 Å². The first-order valence-electron chi connectivity index (χ1n) is 6.80. The van der Waals surface area contributed by atoms with Crippen molar-refractivity contribution in [3.05, 3.63) is 29.8 Å². The molecule has 108 valence electrons. The highest BCUT2D eigenvalue weighted by molar-refractivity contribution is 6.02. The van der Waals surface area contributed by atoms with Gasteiger partial charge in [-0.15, -0.1) is 0 Å². The van der Waals surface area contributed by atoms with Gasteiger partial charge >= 0.3 is 5.97 Å². The lowest BCUT2D eigenvalue weighted by atomic mass is 10.0. The van der Waals surface area contributed by atoms with Crippen molar-refractivity contribution in [3.8, 4) is 0 Å². The fraction of sp³-hybridized carbons (Fsp3) is 0.467. The summed E-state index contributed by atoms with van der Waals surface area (Å²) >= 11 is 0. The molecule has 0 fully saturated rings. The lowest BCUT2D eigenvalue weighted by Crippen LogP contribution is -2.45. The molecular weight excluding hydrogens is 256 g/mol. The minimum Gasteiger partial charge on any atom is -0.480 e. The number of carbonyl (C=O) groups excluding carboxylic acids is 1. The second-order valence-electron chi connectivity index (χ2n) is 5.56. The highest BCUT2D eigenvalue weighted by atomic mass is 16.4. The van der Waals surface area contributed by atoms with Crippen LogP contribution in [0.5, 0.6) is 0 Å².